The third-order valence-corrected chi connectivity index (χ3v) is 2.54. The molecular weight excluding hydrogens is 124 g/mol. The molecule has 0 aromatic rings. The fourth-order valence-corrected chi connectivity index (χ4v) is 1.38. The van der Waals surface area contributed by atoms with Crippen LogP contribution in [0.2, 0.25) is 0 Å². The number of hydrogen-bond donors (Lipinski definition) is 1. The second-order valence-electron chi connectivity index (χ2n) is 3.48. The summed E-state index contributed by atoms with van der Waals surface area (Å²) in [4.78, 5) is 0. The maximum Gasteiger partial charge on any atom is 0.0600 e. The Morgan fingerprint density at radius 3 is 2.60 bits per heavy atom. The fraction of sp³-hybridized carbons (Fsp3) is 0.778. The van der Waals surface area contributed by atoms with Crippen molar-refractivity contribution in [2.75, 3.05) is 0 Å². The van der Waals surface area contributed by atoms with Crippen molar-refractivity contribution in [3.8, 4) is 0 Å². The van der Waals surface area contributed by atoms with E-state index in [2.05, 4.69) is 19.1 Å². The van der Waals surface area contributed by atoms with Gasteiger partial charge in [0, 0.05) is 5.41 Å². The maximum absolute atomic E-state index is 9.39. The predicted molar refractivity (Wildman–Crippen MR) is 42.8 cm³/mol. The van der Waals surface area contributed by atoms with Gasteiger partial charge in [0.2, 0.25) is 0 Å². The summed E-state index contributed by atoms with van der Waals surface area (Å²) in [6.07, 6.45) is 7.66. The van der Waals surface area contributed by atoms with Crippen molar-refractivity contribution in [2.45, 2.75) is 39.2 Å². The Morgan fingerprint density at radius 2 is 2.30 bits per heavy atom. The molecule has 0 aromatic heterocycles. The van der Waals surface area contributed by atoms with Crippen molar-refractivity contribution in [1.29, 1.82) is 0 Å². The second-order valence-corrected chi connectivity index (χ2v) is 3.48. The van der Waals surface area contributed by atoms with E-state index in [1.54, 1.807) is 0 Å². The number of aliphatic hydroxyl groups excluding tert-OH is 1. The molecule has 1 aliphatic rings. The first-order valence-corrected chi connectivity index (χ1v) is 4.01. The summed E-state index contributed by atoms with van der Waals surface area (Å²) < 4.78 is 0. The normalized spacial score (nSPS) is 35.9. The van der Waals surface area contributed by atoms with E-state index in [-0.39, 0.29) is 11.5 Å². The van der Waals surface area contributed by atoms with Crippen molar-refractivity contribution in [2.24, 2.45) is 5.41 Å². The zero-order valence-electron chi connectivity index (χ0n) is 6.80. The molecule has 0 bridgehead atoms. The summed E-state index contributed by atoms with van der Waals surface area (Å²) in [6.45, 7) is 3.99. The monoisotopic (exact) mass is 140 g/mol. The molecule has 1 aliphatic carbocycles. The molecule has 1 N–H and O–H groups in total. The molecule has 0 saturated heterocycles. The van der Waals surface area contributed by atoms with E-state index in [0.29, 0.717) is 0 Å². The number of aliphatic hydroxyl groups is 1. The molecule has 0 heterocycles. The number of allylic oxidation sites excluding steroid dienone is 1. The molecule has 0 radical (unpaired) electrons. The van der Waals surface area contributed by atoms with E-state index in [1.807, 2.05) is 6.92 Å². The lowest BCUT2D eigenvalue weighted by Crippen LogP contribution is -2.28. The Balaban J connectivity index is 2.65. The molecule has 0 saturated carbocycles. The van der Waals surface area contributed by atoms with Crippen LogP contribution >= 0.6 is 0 Å². The highest BCUT2D eigenvalue weighted by Crippen LogP contribution is 2.33. The number of rotatable bonds is 1. The van der Waals surface area contributed by atoms with E-state index < -0.39 is 0 Å². The van der Waals surface area contributed by atoms with E-state index in [1.165, 1.54) is 12.8 Å². The molecule has 2 atom stereocenters. The molecule has 1 nitrogen and oxygen atoms in total. The first-order valence-electron chi connectivity index (χ1n) is 4.01. The van der Waals surface area contributed by atoms with Crippen LogP contribution in [0.3, 0.4) is 0 Å². The van der Waals surface area contributed by atoms with Crippen LogP contribution in [0.4, 0.5) is 0 Å². The minimum atomic E-state index is -0.205. The highest BCUT2D eigenvalue weighted by Gasteiger charge is 2.27. The zero-order chi connectivity index (χ0) is 7.61. The SMILES string of the molecule is C[C@@H](O)[C@]1(C)C=CCCC1. The van der Waals surface area contributed by atoms with Crippen molar-refractivity contribution in [3.63, 3.8) is 0 Å². The molecule has 0 unspecified atom stereocenters. The Bertz CT molecular complexity index is 138. The average molecular weight is 140 g/mol. The van der Waals surface area contributed by atoms with Gasteiger partial charge in [-0.15, -0.1) is 0 Å². The van der Waals surface area contributed by atoms with Crippen molar-refractivity contribution in [3.05, 3.63) is 12.2 Å². The van der Waals surface area contributed by atoms with Gasteiger partial charge in [-0.1, -0.05) is 19.1 Å². The minimum absolute atomic E-state index is 0.0538. The smallest absolute Gasteiger partial charge is 0.0600 e. The van der Waals surface area contributed by atoms with Crippen molar-refractivity contribution >= 4 is 0 Å². The fourth-order valence-electron chi connectivity index (χ4n) is 1.38. The zero-order valence-corrected chi connectivity index (χ0v) is 6.80. The summed E-state index contributed by atoms with van der Waals surface area (Å²) in [6, 6.07) is 0. The van der Waals surface area contributed by atoms with Gasteiger partial charge in [0.25, 0.3) is 0 Å². The van der Waals surface area contributed by atoms with Gasteiger partial charge >= 0.3 is 0 Å². The Labute approximate surface area is 62.8 Å². The van der Waals surface area contributed by atoms with Gasteiger partial charge in [0.05, 0.1) is 6.10 Å². The van der Waals surface area contributed by atoms with Crippen LogP contribution in [0.1, 0.15) is 33.1 Å². The van der Waals surface area contributed by atoms with Crippen LogP contribution in [-0.2, 0) is 0 Å². The van der Waals surface area contributed by atoms with E-state index in [9.17, 15) is 5.11 Å². The molecule has 0 fully saturated rings. The predicted octanol–water partition coefficient (Wildman–Crippen LogP) is 2.11. The molecule has 1 rings (SSSR count). The molecule has 0 amide bonds. The van der Waals surface area contributed by atoms with E-state index in [4.69, 9.17) is 0 Å². The quantitative estimate of drug-likeness (QED) is 0.553. The van der Waals surface area contributed by atoms with Crippen LogP contribution in [0.25, 0.3) is 0 Å². The molecule has 0 spiro atoms. The highest BCUT2D eigenvalue weighted by atomic mass is 16.3. The van der Waals surface area contributed by atoms with Gasteiger partial charge < -0.3 is 5.11 Å². The molecular formula is C9H16O. The van der Waals surface area contributed by atoms with Gasteiger partial charge in [0.1, 0.15) is 0 Å². The van der Waals surface area contributed by atoms with Crippen molar-refractivity contribution in [1.82, 2.24) is 0 Å². The lowest BCUT2D eigenvalue weighted by molar-refractivity contribution is 0.0763. The average Bonchev–Trinajstić information content (AvgIpc) is 1.89. The lowest BCUT2D eigenvalue weighted by atomic mass is 9.77. The standard InChI is InChI=1S/C9H16O/c1-8(10)9(2)6-4-3-5-7-9/h4,6,8,10H,3,5,7H2,1-2H3/t8-,9-/m1/s1. The van der Waals surface area contributed by atoms with Gasteiger partial charge in [-0.2, -0.15) is 0 Å². The topological polar surface area (TPSA) is 20.2 Å². The lowest BCUT2D eigenvalue weighted by Gasteiger charge is -2.31. The second kappa shape index (κ2) is 2.75. The Kier molecular flexibility index (Phi) is 2.14. The first-order chi connectivity index (χ1) is 4.65. The van der Waals surface area contributed by atoms with Crippen LogP contribution in [0.15, 0.2) is 12.2 Å². The van der Waals surface area contributed by atoms with Crippen molar-refractivity contribution < 1.29 is 5.11 Å². The number of hydrogen-bond acceptors (Lipinski definition) is 1. The van der Waals surface area contributed by atoms with Gasteiger partial charge in [-0.3, -0.25) is 0 Å². The first kappa shape index (κ1) is 7.80. The molecule has 58 valence electrons. The minimum Gasteiger partial charge on any atom is -0.393 e. The van der Waals surface area contributed by atoms with Crippen LogP contribution in [0, 0.1) is 5.41 Å². The summed E-state index contributed by atoms with van der Waals surface area (Å²) in [7, 11) is 0. The van der Waals surface area contributed by atoms with Gasteiger partial charge in [-0.25, -0.2) is 0 Å². The highest BCUT2D eigenvalue weighted by molar-refractivity contribution is 5.03. The van der Waals surface area contributed by atoms with E-state index >= 15 is 0 Å². The molecule has 1 heteroatoms. The summed E-state index contributed by atoms with van der Waals surface area (Å²) >= 11 is 0. The summed E-state index contributed by atoms with van der Waals surface area (Å²) in [5.74, 6) is 0. The molecule has 10 heavy (non-hydrogen) atoms. The van der Waals surface area contributed by atoms with Gasteiger partial charge in [-0.05, 0) is 26.2 Å². The third-order valence-electron chi connectivity index (χ3n) is 2.54. The molecule has 0 aromatic carbocycles. The Morgan fingerprint density at radius 1 is 1.60 bits per heavy atom. The summed E-state index contributed by atoms with van der Waals surface area (Å²) in [5.41, 5.74) is 0.0538. The maximum atomic E-state index is 9.39. The van der Waals surface area contributed by atoms with Crippen LogP contribution in [0.5, 0.6) is 0 Å². The van der Waals surface area contributed by atoms with Gasteiger partial charge in [0.15, 0.2) is 0 Å². The molecule has 0 aliphatic heterocycles. The largest absolute Gasteiger partial charge is 0.393 e. The van der Waals surface area contributed by atoms with E-state index in [0.717, 1.165) is 6.42 Å². The van der Waals surface area contributed by atoms with Crippen LogP contribution in [-0.4, -0.2) is 11.2 Å². The summed E-state index contributed by atoms with van der Waals surface area (Å²) in [5, 5.41) is 9.39. The Hall–Kier alpha value is -0.300. The third kappa shape index (κ3) is 1.40. The van der Waals surface area contributed by atoms with Crippen LogP contribution < -0.4 is 0 Å².